The average Bonchev–Trinajstić information content (AvgIpc) is 2.37. The Labute approximate surface area is 124 Å². The van der Waals surface area contributed by atoms with Gasteiger partial charge < -0.3 is 10.6 Å². The molecule has 104 valence electrons. The minimum Gasteiger partial charge on any atom is -0.347 e. The lowest BCUT2D eigenvalue weighted by molar-refractivity contribution is -0.139. The summed E-state index contributed by atoms with van der Waals surface area (Å²) in [5.41, 5.74) is 0. The van der Waals surface area contributed by atoms with Crippen molar-refractivity contribution >= 4 is 56.9 Å². The Balaban J connectivity index is 2.24. The molecule has 0 aromatic carbocycles. The molecule has 8 heteroatoms. The smallest absolute Gasteiger partial charge is 0.309 e. The maximum Gasteiger partial charge on any atom is 0.309 e. The molecule has 1 aliphatic heterocycles. The lowest BCUT2D eigenvalue weighted by atomic mass is 10.5. The summed E-state index contributed by atoms with van der Waals surface area (Å²) < 4.78 is 0. The van der Waals surface area contributed by atoms with Crippen LogP contribution in [0.4, 0.5) is 0 Å². The third-order valence-electron chi connectivity index (χ3n) is 1.98. The standard InChI is InChI=1S/C10H18N2O2S4/c13-9-10(14)12-2-4-16-6-8-18-17-7-5-15-3-1-11-9/h1-8H2,(H,11,13)(H,12,14). The molecule has 0 aliphatic carbocycles. The van der Waals surface area contributed by atoms with Crippen LogP contribution >= 0.6 is 45.1 Å². The van der Waals surface area contributed by atoms with Crippen LogP contribution < -0.4 is 10.6 Å². The van der Waals surface area contributed by atoms with Gasteiger partial charge in [-0.05, 0) is 0 Å². The van der Waals surface area contributed by atoms with Gasteiger partial charge in [0, 0.05) is 47.6 Å². The van der Waals surface area contributed by atoms with Gasteiger partial charge in [0.15, 0.2) is 0 Å². The number of hydrogen-bond acceptors (Lipinski definition) is 6. The first kappa shape index (κ1) is 16.4. The number of carbonyl (C=O) groups excluding carboxylic acids is 2. The summed E-state index contributed by atoms with van der Waals surface area (Å²) in [6, 6.07) is 0. The first-order chi connectivity index (χ1) is 8.80. The van der Waals surface area contributed by atoms with Crippen LogP contribution in [0.15, 0.2) is 0 Å². The third-order valence-corrected chi connectivity index (χ3v) is 6.87. The zero-order valence-electron chi connectivity index (χ0n) is 10.1. The van der Waals surface area contributed by atoms with E-state index in [4.69, 9.17) is 0 Å². The highest BCUT2D eigenvalue weighted by Crippen LogP contribution is 2.23. The van der Waals surface area contributed by atoms with Gasteiger partial charge in [-0.1, -0.05) is 21.6 Å². The van der Waals surface area contributed by atoms with Crippen molar-refractivity contribution in [1.29, 1.82) is 0 Å². The van der Waals surface area contributed by atoms with Crippen LogP contribution in [0.1, 0.15) is 0 Å². The Morgan fingerprint density at radius 3 is 1.56 bits per heavy atom. The molecule has 0 atom stereocenters. The Kier molecular flexibility index (Phi) is 10.2. The van der Waals surface area contributed by atoms with Gasteiger partial charge in [-0.25, -0.2) is 0 Å². The van der Waals surface area contributed by atoms with Gasteiger partial charge >= 0.3 is 11.8 Å². The number of hydrogen-bond donors (Lipinski definition) is 2. The van der Waals surface area contributed by atoms with Gasteiger partial charge in [0.25, 0.3) is 0 Å². The summed E-state index contributed by atoms with van der Waals surface area (Å²) in [5.74, 6) is 5.14. The lowest BCUT2D eigenvalue weighted by Gasteiger charge is -2.07. The molecule has 0 bridgehead atoms. The molecule has 0 radical (unpaired) electrons. The van der Waals surface area contributed by atoms with Crippen molar-refractivity contribution in [2.45, 2.75) is 0 Å². The fraction of sp³-hybridized carbons (Fsp3) is 0.800. The number of thioether (sulfide) groups is 2. The van der Waals surface area contributed by atoms with Crippen LogP contribution in [0.5, 0.6) is 0 Å². The quantitative estimate of drug-likeness (QED) is 0.513. The van der Waals surface area contributed by atoms with Crippen molar-refractivity contribution in [1.82, 2.24) is 10.6 Å². The van der Waals surface area contributed by atoms with E-state index in [2.05, 4.69) is 10.6 Å². The van der Waals surface area contributed by atoms with Gasteiger partial charge in [0.2, 0.25) is 0 Å². The molecule has 1 heterocycles. The molecule has 0 aromatic rings. The van der Waals surface area contributed by atoms with E-state index in [0.29, 0.717) is 13.1 Å². The van der Waals surface area contributed by atoms with Gasteiger partial charge in [-0.15, -0.1) is 0 Å². The van der Waals surface area contributed by atoms with Crippen LogP contribution in [-0.2, 0) is 9.59 Å². The summed E-state index contributed by atoms with van der Waals surface area (Å²) >= 11 is 3.61. The van der Waals surface area contributed by atoms with Crippen LogP contribution in [0.2, 0.25) is 0 Å². The van der Waals surface area contributed by atoms with Gasteiger partial charge in [-0.2, -0.15) is 23.5 Å². The second-order valence-electron chi connectivity index (χ2n) is 3.38. The van der Waals surface area contributed by atoms with E-state index in [-0.39, 0.29) is 0 Å². The monoisotopic (exact) mass is 326 g/mol. The van der Waals surface area contributed by atoms with Crippen molar-refractivity contribution in [2.75, 3.05) is 47.6 Å². The molecule has 18 heavy (non-hydrogen) atoms. The number of rotatable bonds is 0. The molecule has 1 aliphatic rings. The molecule has 4 nitrogen and oxygen atoms in total. The average molecular weight is 327 g/mol. The maximum atomic E-state index is 11.4. The first-order valence-corrected chi connectivity index (χ1v) is 10.6. The molecular weight excluding hydrogens is 308 g/mol. The second kappa shape index (κ2) is 11.2. The predicted molar refractivity (Wildman–Crippen MR) is 85.6 cm³/mol. The summed E-state index contributed by atoms with van der Waals surface area (Å²) in [6.45, 7) is 1.12. The molecule has 1 fully saturated rings. The molecule has 0 spiro atoms. The largest absolute Gasteiger partial charge is 0.347 e. The summed E-state index contributed by atoms with van der Waals surface area (Å²) in [4.78, 5) is 22.7. The van der Waals surface area contributed by atoms with E-state index in [1.807, 2.05) is 21.6 Å². The highest BCUT2D eigenvalue weighted by atomic mass is 33.1. The molecule has 2 N–H and O–H groups in total. The predicted octanol–water partition coefficient (Wildman–Crippen LogP) is 1.08. The molecule has 0 unspecified atom stereocenters. The van der Waals surface area contributed by atoms with Crippen molar-refractivity contribution in [3.05, 3.63) is 0 Å². The fourth-order valence-corrected chi connectivity index (χ4v) is 5.70. The van der Waals surface area contributed by atoms with E-state index in [1.54, 1.807) is 23.5 Å². The topological polar surface area (TPSA) is 58.2 Å². The number of carbonyl (C=O) groups is 2. The first-order valence-electron chi connectivity index (χ1n) is 5.76. The highest BCUT2D eigenvalue weighted by Gasteiger charge is 2.11. The molecule has 2 amide bonds. The third kappa shape index (κ3) is 8.44. The Hall–Kier alpha value is 0.340. The van der Waals surface area contributed by atoms with Crippen molar-refractivity contribution < 1.29 is 9.59 Å². The van der Waals surface area contributed by atoms with E-state index in [9.17, 15) is 9.59 Å². The summed E-state index contributed by atoms with van der Waals surface area (Å²) in [7, 11) is 3.83. The lowest BCUT2D eigenvalue weighted by Crippen LogP contribution is -2.41. The van der Waals surface area contributed by atoms with Crippen LogP contribution in [0.25, 0.3) is 0 Å². The number of amides is 2. The highest BCUT2D eigenvalue weighted by molar-refractivity contribution is 8.76. The molecule has 0 aromatic heterocycles. The summed E-state index contributed by atoms with van der Waals surface area (Å²) in [6.07, 6.45) is 0. The van der Waals surface area contributed by atoms with Gasteiger partial charge in [0.05, 0.1) is 0 Å². The van der Waals surface area contributed by atoms with E-state index < -0.39 is 11.8 Å². The maximum absolute atomic E-state index is 11.4. The van der Waals surface area contributed by atoms with Crippen molar-refractivity contribution in [3.8, 4) is 0 Å². The van der Waals surface area contributed by atoms with E-state index >= 15 is 0 Å². The molecular formula is C10H18N2O2S4. The van der Waals surface area contributed by atoms with Crippen molar-refractivity contribution in [3.63, 3.8) is 0 Å². The number of nitrogens with one attached hydrogen (secondary N) is 2. The minimum absolute atomic E-state index is 0.516. The Bertz CT molecular complexity index is 240. The van der Waals surface area contributed by atoms with Gasteiger partial charge in [0.1, 0.15) is 0 Å². The molecule has 0 saturated carbocycles. The van der Waals surface area contributed by atoms with E-state index in [1.165, 1.54) is 0 Å². The zero-order chi connectivity index (χ0) is 13.1. The van der Waals surface area contributed by atoms with Crippen LogP contribution in [-0.4, -0.2) is 59.4 Å². The molecule has 1 saturated heterocycles. The second-order valence-corrected chi connectivity index (χ2v) is 8.53. The summed E-state index contributed by atoms with van der Waals surface area (Å²) in [5, 5.41) is 5.25. The molecule has 1 rings (SSSR count). The zero-order valence-corrected chi connectivity index (χ0v) is 13.4. The normalized spacial score (nSPS) is 22.0. The fourth-order valence-electron chi connectivity index (χ4n) is 1.14. The van der Waals surface area contributed by atoms with Crippen LogP contribution in [0, 0.1) is 0 Å². The van der Waals surface area contributed by atoms with Crippen LogP contribution in [0.3, 0.4) is 0 Å². The Morgan fingerprint density at radius 2 is 1.11 bits per heavy atom. The SMILES string of the molecule is O=C1NCCSCCSSCCSCCNC1=O. The Morgan fingerprint density at radius 1 is 0.667 bits per heavy atom. The minimum atomic E-state index is -0.516. The van der Waals surface area contributed by atoms with Crippen molar-refractivity contribution in [2.24, 2.45) is 0 Å². The van der Waals surface area contributed by atoms with E-state index in [0.717, 1.165) is 34.5 Å². The van der Waals surface area contributed by atoms with Gasteiger partial charge in [-0.3, -0.25) is 9.59 Å².